The van der Waals surface area contributed by atoms with E-state index in [4.69, 9.17) is 5.73 Å². The van der Waals surface area contributed by atoms with Crippen LogP contribution in [0, 0.1) is 0 Å². The number of carbonyl (C=O) groups excluding carboxylic acids is 3. The number of carbonyl (C=O) groups is 3. The van der Waals surface area contributed by atoms with E-state index in [1.807, 2.05) is 19.9 Å². The monoisotopic (exact) mass is 371 g/mol. The van der Waals surface area contributed by atoms with Gasteiger partial charge in [0.1, 0.15) is 0 Å². The van der Waals surface area contributed by atoms with Gasteiger partial charge >= 0.3 is 0 Å². The second-order valence-electron chi connectivity index (χ2n) is 5.90. The number of amides is 3. The summed E-state index contributed by atoms with van der Waals surface area (Å²) in [4.78, 5) is 36.2. The van der Waals surface area contributed by atoms with Crippen molar-refractivity contribution in [2.75, 3.05) is 11.1 Å². The van der Waals surface area contributed by atoms with Gasteiger partial charge in [-0.15, -0.1) is 11.8 Å². The standard InChI is InChI=1S/C19H21N3O3S/c1-12(2)21-17(23)11-26-16-6-4-3-5-15(16)19(25)22-14-9-7-13(8-10-14)18(20)24/h3-10,12H,11H2,1-2H3,(H2,20,24)(H,21,23)(H,22,25). The number of hydrogen-bond acceptors (Lipinski definition) is 4. The molecule has 4 N–H and O–H groups in total. The van der Waals surface area contributed by atoms with E-state index in [-0.39, 0.29) is 23.6 Å². The second-order valence-corrected chi connectivity index (χ2v) is 6.92. The Bertz CT molecular complexity index is 804. The Morgan fingerprint density at radius 1 is 1.04 bits per heavy atom. The predicted octanol–water partition coefficient (Wildman–Crippen LogP) is 2.65. The molecular formula is C19H21N3O3S. The fraction of sp³-hybridized carbons (Fsp3) is 0.211. The van der Waals surface area contributed by atoms with Crippen LogP contribution >= 0.6 is 11.8 Å². The summed E-state index contributed by atoms with van der Waals surface area (Å²) in [5, 5.41) is 5.60. The van der Waals surface area contributed by atoms with E-state index in [9.17, 15) is 14.4 Å². The molecule has 0 atom stereocenters. The number of primary amides is 1. The Morgan fingerprint density at radius 2 is 1.69 bits per heavy atom. The van der Waals surface area contributed by atoms with E-state index in [2.05, 4.69) is 10.6 Å². The molecule has 0 aromatic heterocycles. The fourth-order valence-corrected chi connectivity index (χ4v) is 3.06. The number of benzene rings is 2. The SMILES string of the molecule is CC(C)NC(=O)CSc1ccccc1C(=O)Nc1ccc(C(N)=O)cc1. The molecule has 2 rings (SSSR count). The first-order chi connectivity index (χ1) is 12.4. The van der Waals surface area contributed by atoms with Crippen molar-refractivity contribution >= 4 is 35.2 Å². The average molecular weight is 371 g/mol. The Hall–Kier alpha value is -2.80. The van der Waals surface area contributed by atoms with Gasteiger partial charge in [0.25, 0.3) is 5.91 Å². The summed E-state index contributed by atoms with van der Waals surface area (Å²) in [6.45, 7) is 3.79. The highest BCUT2D eigenvalue weighted by atomic mass is 32.2. The largest absolute Gasteiger partial charge is 0.366 e. The van der Waals surface area contributed by atoms with Gasteiger partial charge in [-0.2, -0.15) is 0 Å². The number of thioether (sulfide) groups is 1. The average Bonchev–Trinajstić information content (AvgIpc) is 2.60. The lowest BCUT2D eigenvalue weighted by atomic mass is 10.1. The molecule has 7 heteroatoms. The first kappa shape index (κ1) is 19.5. The van der Waals surface area contributed by atoms with Crippen LogP contribution in [0.5, 0.6) is 0 Å². The first-order valence-electron chi connectivity index (χ1n) is 8.09. The second kappa shape index (κ2) is 9.05. The highest BCUT2D eigenvalue weighted by Crippen LogP contribution is 2.23. The minimum atomic E-state index is -0.524. The molecule has 6 nitrogen and oxygen atoms in total. The normalized spacial score (nSPS) is 10.4. The van der Waals surface area contributed by atoms with Crippen molar-refractivity contribution in [3.8, 4) is 0 Å². The zero-order chi connectivity index (χ0) is 19.1. The summed E-state index contributed by atoms with van der Waals surface area (Å²) in [7, 11) is 0. The number of hydrogen-bond donors (Lipinski definition) is 3. The molecule has 0 aliphatic heterocycles. The molecule has 2 aromatic carbocycles. The first-order valence-corrected chi connectivity index (χ1v) is 9.08. The van der Waals surface area contributed by atoms with Gasteiger partial charge in [-0.3, -0.25) is 14.4 Å². The quantitative estimate of drug-likeness (QED) is 0.651. The van der Waals surface area contributed by atoms with Crippen molar-refractivity contribution in [3.05, 3.63) is 59.7 Å². The van der Waals surface area contributed by atoms with Crippen molar-refractivity contribution in [3.63, 3.8) is 0 Å². The third-order valence-electron chi connectivity index (χ3n) is 3.37. The maximum atomic E-state index is 12.6. The van der Waals surface area contributed by atoms with E-state index < -0.39 is 5.91 Å². The maximum absolute atomic E-state index is 12.6. The van der Waals surface area contributed by atoms with Crippen LogP contribution in [0.15, 0.2) is 53.4 Å². The molecule has 0 aliphatic rings. The third kappa shape index (κ3) is 5.63. The van der Waals surface area contributed by atoms with Crippen LogP contribution < -0.4 is 16.4 Å². The summed E-state index contributed by atoms with van der Waals surface area (Å²) in [5.74, 6) is -0.661. The van der Waals surface area contributed by atoms with Crippen molar-refractivity contribution in [2.45, 2.75) is 24.8 Å². The molecule has 136 valence electrons. The van der Waals surface area contributed by atoms with Crippen LogP contribution in [0.4, 0.5) is 5.69 Å². The topological polar surface area (TPSA) is 101 Å². The Balaban J connectivity index is 2.06. The molecule has 0 radical (unpaired) electrons. The molecule has 0 saturated carbocycles. The van der Waals surface area contributed by atoms with Gasteiger partial charge in [0.05, 0.1) is 11.3 Å². The minimum absolute atomic E-state index is 0.0741. The number of nitrogens with two attached hydrogens (primary N) is 1. The summed E-state index contributed by atoms with van der Waals surface area (Å²) in [6.07, 6.45) is 0. The zero-order valence-corrected chi connectivity index (χ0v) is 15.4. The number of anilines is 1. The molecule has 0 unspecified atom stereocenters. The molecule has 0 saturated heterocycles. The smallest absolute Gasteiger partial charge is 0.256 e. The van der Waals surface area contributed by atoms with E-state index in [1.54, 1.807) is 42.5 Å². The van der Waals surface area contributed by atoms with Gasteiger partial charge in [-0.25, -0.2) is 0 Å². The summed E-state index contributed by atoms with van der Waals surface area (Å²) in [6, 6.07) is 13.5. The van der Waals surface area contributed by atoms with Gasteiger partial charge < -0.3 is 16.4 Å². The van der Waals surface area contributed by atoms with E-state index in [0.717, 1.165) is 4.90 Å². The van der Waals surface area contributed by atoms with Crippen molar-refractivity contribution in [1.29, 1.82) is 0 Å². The van der Waals surface area contributed by atoms with Crippen LogP contribution in [-0.2, 0) is 4.79 Å². The van der Waals surface area contributed by atoms with Crippen LogP contribution in [0.25, 0.3) is 0 Å². The lowest BCUT2D eigenvalue weighted by molar-refractivity contribution is -0.119. The molecule has 3 amide bonds. The summed E-state index contributed by atoms with van der Waals surface area (Å²) >= 11 is 1.31. The molecule has 0 bridgehead atoms. The number of rotatable bonds is 7. The summed E-state index contributed by atoms with van der Waals surface area (Å²) in [5.41, 5.74) is 6.61. The van der Waals surface area contributed by atoms with E-state index >= 15 is 0 Å². The summed E-state index contributed by atoms with van der Waals surface area (Å²) < 4.78 is 0. The van der Waals surface area contributed by atoms with Crippen molar-refractivity contribution < 1.29 is 14.4 Å². The maximum Gasteiger partial charge on any atom is 0.256 e. The molecular weight excluding hydrogens is 350 g/mol. The lowest BCUT2D eigenvalue weighted by Gasteiger charge is -2.11. The van der Waals surface area contributed by atoms with Gasteiger partial charge in [-0.05, 0) is 50.2 Å². The molecule has 0 heterocycles. The molecule has 2 aromatic rings. The van der Waals surface area contributed by atoms with Crippen molar-refractivity contribution in [2.24, 2.45) is 5.73 Å². The Morgan fingerprint density at radius 3 is 2.31 bits per heavy atom. The van der Waals surface area contributed by atoms with Gasteiger partial charge in [0, 0.05) is 22.2 Å². The van der Waals surface area contributed by atoms with Crippen LogP contribution in [0.3, 0.4) is 0 Å². The molecule has 0 fully saturated rings. The Labute approximate surface area is 156 Å². The Kier molecular flexibility index (Phi) is 6.80. The van der Waals surface area contributed by atoms with Crippen LogP contribution in [0.2, 0.25) is 0 Å². The van der Waals surface area contributed by atoms with Gasteiger partial charge in [0.2, 0.25) is 11.8 Å². The highest BCUT2D eigenvalue weighted by Gasteiger charge is 2.13. The molecule has 0 aliphatic carbocycles. The van der Waals surface area contributed by atoms with Gasteiger partial charge in [0.15, 0.2) is 0 Å². The van der Waals surface area contributed by atoms with Crippen LogP contribution in [0.1, 0.15) is 34.6 Å². The number of nitrogens with one attached hydrogen (secondary N) is 2. The molecule has 26 heavy (non-hydrogen) atoms. The third-order valence-corrected chi connectivity index (χ3v) is 4.44. The fourth-order valence-electron chi connectivity index (χ4n) is 2.20. The van der Waals surface area contributed by atoms with Crippen molar-refractivity contribution in [1.82, 2.24) is 5.32 Å². The minimum Gasteiger partial charge on any atom is -0.366 e. The highest BCUT2D eigenvalue weighted by molar-refractivity contribution is 8.00. The van der Waals surface area contributed by atoms with E-state index in [0.29, 0.717) is 16.8 Å². The lowest BCUT2D eigenvalue weighted by Crippen LogP contribution is -2.31. The van der Waals surface area contributed by atoms with Gasteiger partial charge in [-0.1, -0.05) is 12.1 Å². The molecule has 0 spiro atoms. The van der Waals surface area contributed by atoms with Crippen LogP contribution in [-0.4, -0.2) is 29.5 Å². The predicted molar refractivity (Wildman–Crippen MR) is 103 cm³/mol. The van der Waals surface area contributed by atoms with E-state index in [1.165, 1.54) is 11.8 Å². The zero-order valence-electron chi connectivity index (χ0n) is 14.6.